The van der Waals surface area contributed by atoms with E-state index in [4.69, 9.17) is 11.6 Å². The minimum atomic E-state index is -3.44. The zero-order valence-corrected chi connectivity index (χ0v) is 13.9. The molecule has 0 bridgehead atoms. The van der Waals surface area contributed by atoms with Crippen molar-refractivity contribution in [1.82, 2.24) is 9.29 Å². The predicted molar refractivity (Wildman–Crippen MR) is 87.4 cm³/mol. The summed E-state index contributed by atoms with van der Waals surface area (Å²) in [7, 11) is -3.44. The van der Waals surface area contributed by atoms with Gasteiger partial charge in [-0.15, -0.1) is 0 Å². The quantitative estimate of drug-likeness (QED) is 0.787. The van der Waals surface area contributed by atoms with Gasteiger partial charge in [0.1, 0.15) is 5.15 Å². The predicted octanol–water partition coefficient (Wildman–Crippen LogP) is 3.01. The van der Waals surface area contributed by atoms with E-state index < -0.39 is 10.0 Å². The Labute approximate surface area is 133 Å². The van der Waals surface area contributed by atoms with Gasteiger partial charge in [-0.25, -0.2) is 13.4 Å². The smallest absolute Gasteiger partial charge is 0.236 e. The van der Waals surface area contributed by atoms with Crippen LogP contribution in [0.25, 0.3) is 10.9 Å². The number of thioether (sulfide) groups is 1. The highest BCUT2D eigenvalue weighted by Crippen LogP contribution is 2.26. The summed E-state index contributed by atoms with van der Waals surface area (Å²) in [5.74, 6) is 0.838. The van der Waals surface area contributed by atoms with E-state index in [1.807, 2.05) is 0 Å². The first kappa shape index (κ1) is 15.1. The van der Waals surface area contributed by atoms with Crippen LogP contribution in [0.15, 0.2) is 35.2 Å². The molecule has 2 aromatic rings. The summed E-state index contributed by atoms with van der Waals surface area (Å²) in [5, 5.41) is 1.51. The molecule has 1 atom stereocenters. The van der Waals surface area contributed by atoms with Crippen molar-refractivity contribution >= 4 is 44.3 Å². The molecular weight excluding hydrogens is 328 g/mol. The maximum absolute atomic E-state index is 12.7. The molecule has 0 amide bonds. The molecule has 21 heavy (non-hydrogen) atoms. The van der Waals surface area contributed by atoms with E-state index in [2.05, 4.69) is 11.9 Å². The summed E-state index contributed by atoms with van der Waals surface area (Å²) in [6, 6.07) is 8.43. The van der Waals surface area contributed by atoms with Gasteiger partial charge in [-0.2, -0.15) is 16.1 Å². The Hall–Kier alpha value is -0.820. The van der Waals surface area contributed by atoms with Crippen LogP contribution in [0.4, 0.5) is 0 Å². The Morgan fingerprint density at radius 2 is 2.14 bits per heavy atom. The summed E-state index contributed by atoms with van der Waals surface area (Å²) in [6.45, 7) is 3.18. The molecule has 1 saturated heterocycles. The van der Waals surface area contributed by atoms with Gasteiger partial charge in [0.05, 0.1) is 10.4 Å². The molecule has 1 unspecified atom stereocenters. The first-order valence-corrected chi connectivity index (χ1v) is 9.51. The van der Waals surface area contributed by atoms with Crippen LogP contribution in [0.3, 0.4) is 0 Å². The fourth-order valence-corrected chi connectivity index (χ4v) is 5.34. The molecule has 1 aromatic carbocycles. The van der Waals surface area contributed by atoms with Crippen LogP contribution in [0, 0.1) is 0 Å². The molecular formula is C14H15ClN2O2S2. The van der Waals surface area contributed by atoms with Gasteiger partial charge in [-0.3, -0.25) is 0 Å². The van der Waals surface area contributed by atoms with Crippen molar-refractivity contribution in [2.45, 2.75) is 17.1 Å². The van der Waals surface area contributed by atoms with E-state index in [1.54, 1.807) is 46.4 Å². The van der Waals surface area contributed by atoms with Crippen molar-refractivity contribution in [3.05, 3.63) is 35.5 Å². The lowest BCUT2D eigenvalue weighted by atomic mass is 10.2. The summed E-state index contributed by atoms with van der Waals surface area (Å²) in [4.78, 5) is 4.49. The van der Waals surface area contributed by atoms with E-state index in [-0.39, 0.29) is 0 Å². The summed E-state index contributed by atoms with van der Waals surface area (Å²) in [5.41, 5.74) is 0.698. The Morgan fingerprint density at radius 3 is 2.90 bits per heavy atom. The Kier molecular flexibility index (Phi) is 4.14. The van der Waals surface area contributed by atoms with Gasteiger partial charge in [0.25, 0.3) is 0 Å². The number of aromatic nitrogens is 1. The monoisotopic (exact) mass is 342 g/mol. The molecule has 3 rings (SSSR count). The second kappa shape index (κ2) is 5.76. The molecule has 1 aliphatic heterocycles. The number of hydrogen-bond donors (Lipinski definition) is 0. The minimum Gasteiger partial charge on any atom is -0.236 e. The molecule has 1 aliphatic rings. The highest BCUT2D eigenvalue weighted by molar-refractivity contribution is 8.00. The first-order chi connectivity index (χ1) is 9.96. The molecule has 112 valence electrons. The number of nitrogens with zero attached hydrogens (tertiary/aromatic N) is 2. The lowest BCUT2D eigenvalue weighted by molar-refractivity contribution is 0.424. The topological polar surface area (TPSA) is 50.3 Å². The van der Waals surface area contributed by atoms with Gasteiger partial charge >= 0.3 is 0 Å². The van der Waals surface area contributed by atoms with Crippen LogP contribution in [0.1, 0.15) is 6.92 Å². The van der Waals surface area contributed by atoms with Crippen LogP contribution in [0.2, 0.25) is 5.15 Å². The number of pyridine rings is 1. The van der Waals surface area contributed by atoms with Gasteiger partial charge in [-0.05, 0) is 30.3 Å². The highest BCUT2D eigenvalue weighted by Gasteiger charge is 2.29. The van der Waals surface area contributed by atoms with Gasteiger partial charge in [0.2, 0.25) is 10.0 Å². The lowest BCUT2D eigenvalue weighted by Crippen LogP contribution is -2.40. The van der Waals surface area contributed by atoms with Crippen molar-refractivity contribution in [3.8, 4) is 0 Å². The average molecular weight is 343 g/mol. The molecule has 7 heteroatoms. The van der Waals surface area contributed by atoms with E-state index >= 15 is 0 Å². The van der Waals surface area contributed by atoms with E-state index in [0.29, 0.717) is 33.9 Å². The minimum absolute atomic E-state index is 0.318. The van der Waals surface area contributed by atoms with Crippen LogP contribution in [-0.2, 0) is 10.0 Å². The van der Waals surface area contributed by atoms with Crippen LogP contribution < -0.4 is 0 Å². The summed E-state index contributed by atoms with van der Waals surface area (Å²) in [6.07, 6.45) is 0. The zero-order chi connectivity index (χ0) is 15.0. The normalized spacial score (nSPS) is 20.8. The third-order valence-corrected chi connectivity index (χ3v) is 6.68. The van der Waals surface area contributed by atoms with E-state index in [1.165, 1.54) is 0 Å². The second-order valence-corrected chi connectivity index (χ2v) is 8.90. The largest absolute Gasteiger partial charge is 0.243 e. The molecule has 0 radical (unpaired) electrons. The van der Waals surface area contributed by atoms with Crippen molar-refractivity contribution in [2.24, 2.45) is 0 Å². The Balaban J connectivity index is 2.00. The van der Waals surface area contributed by atoms with E-state index in [9.17, 15) is 8.42 Å². The maximum atomic E-state index is 12.7. The number of hydrogen-bond acceptors (Lipinski definition) is 4. The number of halogens is 1. The molecule has 1 fully saturated rings. The summed E-state index contributed by atoms with van der Waals surface area (Å²) < 4.78 is 27.0. The van der Waals surface area contributed by atoms with Crippen LogP contribution in [0.5, 0.6) is 0 Å². The third kappa shape index (κ3) is 3.04. The van der Waals surface area contributed by atoms with Crippen LogP contribution in [-0.4, -0.2) is 41.8 Å². The SMILES string of the molecule is CC1CN(S(=O)(=O)c2ccc3nc(Cl)ccc3c2)CCS1. The van der Waals surface area contributed by atoms with Crippen molar-refractivity contribution in [1.29, 1.82) is 0 Å². The average Bonchev–Trinajstić information content (AvgIpc) is 2.46. The van der Waals surface area contributed by atoms with Crippen molar-refractivity contribution in [3.63, 3.8) is 0 Å². The number of fused-ring (bicyclic) bond motifs is 1. The molecule has 0 spiro atoms. The second-order valence-electron chi connectivity index (χ2n) is 5.03. The fourth-order valence-electron chi connectivity index (χ4n) is 2.39. The molecule has 0 saturated carbocycles. The van der Waals surface area contributed by atoms with Gasteiger partial charge in [0, 0.05) is 29.5 Å². The molecule has 2 heterocycles. The lowest BCUT2D eigenvalue weighted by Gasteiger charge is -2.29. The standard InChI is InChI=1S/C14H15ClN2O2S2/c1-10-9-17(6-7-20-10)21(18,19)12-3-4-13-11(8-12)2-5-14(15)16-13/h2-5,8,10H,6-7,9H2,1H3. The van der Waals surface area contributed by atoms with E-state index in [0.717, 1.165) is 11.1 Å². The number of rotatable bonds is 2. The third-order valence-electron chi connectivity index (χ3n) is 3.47. The molecule has 4 nitrogen and oxygen atoms in total. The number of benzene rings is 1. The van der Waals surface area contributed by atoms with Crippen molar-refractivity contribution < 1.29 is 8.42 Å². The summed E-state index contributed by atoms with van der Waals surface area (Å²) >= 11 is 7.65. The number of sulfonamides is 1. The first-order valence-electron chi connectivity index (χ1n) is 6.65. The zero-order valence-electron chi connectivity index (χ0n) is 11.5. The molecule has 1 aromatic heterocycles. The van der Waals surface area contributed by atoms with Crippen LogP contribution >= 0.6 is 23.4 Å². The fraction of sp³-hybridized carbons (Fsp3) is 0.357. The Morgan fingerprint density at radius 1 is 1.33 bits per heavy atom. The van der Waals surface area contributed by atoms with Crippen molar-refractivity contribution in [2.75, 3.05) is 18.8 Å². The molecule has 0 N–H and O–H groups in total. The maximum Gasteiger partial charge on any atom is 0.243 e. The highest BCUT2D eigenvalue weighted by atomic mass is 35.5. The Bertz CT molecular complexity index is 780. The van der Waals surface area contributed by atoms with Gasteiger partial charge < -0.3 is 0 Å². The molecule has 0 aliphatic carbocycles. The van der Waals surface area contributed by atoms with Gasteiger partial charge in [-0.1, -0.05) is 18.5 Å². The van der Waals surface area contributed by atoms with Gasteiger partial charge in [0.15, 0.2) is 0 Å².